The van der Waals surface area contributed by atoms with E-state index in [-0.39, 0.29) is 0 Å². The summed E-state index contributed by atoms with van der Waals surface area (Å²) in [6.07, 6.45) is 3.08. The van der Waals surface area contributed by atoms with Crippen LogP contribution < -0.4 is 10.1 Å². The number of imide groups is 1. The fourth-order valence-electron chi connectivity index (χ4n) is 2.63. The van der Waals surface area contributed by atoms with E-state index in [0.717, 1.165) is 0 Å². The zero-order valence-electron chi connectivity index (χ0n) is 11.8. The van der Waals surface area contributed by atoms with E-state index in [9.17, 15) is 9.59 Å². The van der Waals surface area contributed by atoms with Crippen molar-refractivity contribution >= 4 is 34.4 Å². The highest BCUT2D eigenvalue weighted by atomic mass is 35.5. The number of pyridine rings is 1. The molecule has 8 heteroatoms. The fraction of sp³-hybridized carbons (Fsp3) is 0.0667. The van der Waals surface area contributed by atoms with Gasteiger partial charge in [0.2, 0.25) is 5.88 Å². The molecule has 0 aliphatic carbocycles. The standard InChI is InChI=1S/C15H9ClN4O3/c1-23-15-12(9(16)2-3-17-15)20-6-18-10-4-7-8(5-11(10)20)14(22)19-13(7)21/h2-6H,1H3,(H,19,21,22). The molecule has 1 aromatic carbocycles. The maximum Gasteiger partial charge on any atom is 0.259 e. The Kier molecular flexibility index (Phi) is 2.85. The predicted molar refractivity (Wildman–Crippen MR) is 82.2 cm³/mol. The first kappa shape index (κ1) is 13.7. The molecule has 4 rings (SSSR count). The van der Waals surface area contributed by atoms with Gasteiger partial charge in [0, 0.05) is 6.20 Å². The summed E-state index contributed by atoms with van der Waals surface area (Å²) in [5.41, 5.74) is 2.33. The molecule has 0 spiro atoms. The average Bonchev–Trinajstić information content (AvgIpc) is 3.07. The molecule has 0 unspecified atom stereocenters. The normalized spacial score (nSPS) is 13.3. The number of nitrogens with one attached hydrogen (secondary N) is 1. The Balaban J connectivity index is 2.02. The largest absolute Gasteiger partial charge is 0.479 e. The molecule has 1 aliphatic rings. The average molecular weight is 329 g/mol. The lowest BCUT2D eigenvalue weighted by atomic mass is 10.1. The molecule has 1 N–H and O–H groups in total. The Morgan fingerprint density at radius 1 is 1.17 bits per heavy atom. The lowest BCUT2D eigenvalue weighted by Gasteiger charge is -2.10. The first-order valence-electron chi connectivity index (χ1n) is 6.66. The van der Waals surface area contributed by atoms with E-state index in [1.807, 2.05) is 0 Å². The van der Waals surface area contributed by atoms with Gasteiger partial charge in [0.15, 0.2) is 0 Å². The van der Waals surface area contributed by atoms with Gasteiger partial charge in [0.05, 0.1) is 34.3 Å². The van der Waals surface area contributed by atoms with E-state index in [2.05, 4.69) is 15.3 Å². The number of fused-ring (bicyclic) bond motifs is 2. The molecular formula is C15H9ClN4O3. The molecule has 0 bridgehead atoms. The first-order chi connectivity index (χ1) is 11.1. The zero-order chi connectivity index (χ0) is 16.1. The number of imidazole rings is 1. The number of hydrogen-bond donors (Lipinski definition) is 1. The first-order valence-corrected chi connectivity index (χ1v) is 7.03. The van der Waals surface area contributed by atoms with Gasteiger partial charge in [-0.05, 0) is 18.2 Å². The van der Waals surface area contributed by atoms with Crippen molar-refractivity contribution in [2.45, 2.75) is 0 Å². The lowest BCUT2D eigenvalue weighted by molar-refractivity contribution is 0.0879. The minimum absolute atomic E-state index is 0.309. The smallest absolute Gasteiger partial charge is 0.259 e. The molecule has 7 nitrogen and oxygen atoms in total. The van der Waals surface area contributed by atoms with Crippen molar-refractivity contribution in [2.75, 3.05) is 7.11 Å². The quantitative estimate of drug-likeness (QED) is 0.727. The Hall–Kier alpha value is -2.93. The van der Waals surface area contributed by atoms with Crippen molar-refractivity contribution in [1.82, 2.24) is 19.9 Å². The van der Waals surface area contributed by atoms with Gasteiger partial charge in [0.1, 0.15) is 12.0 Å². The summed E-state index contributed by atoms with van der Waals surface area (Å²) in [6.45, 7) is 0. The molecule has 0 fully saturated rings. The van der Waals surface area contributed by atoms with E-state index in [4.69, 9.17) is 16.3 Å². The van der Waals surface area contributed by atoms with Gasteiger partial charge >= 0.3 is 0 Å². The minimum Gasteiger partial charge on any atom is -0.479 e. The van der Waals surface area contributed by atoms with Gasteiger partial charge in [-0.2, -0.15) is 0 Å². The van der Waals surface area contributed by atoms with Crippen LogP contribution in [0.4, 0.5) is 0 Å². The van der Waals surface area contributed by atoms with E-state index in [1.54, 1.807) is 29.1 Å². The van der Waals surface area contributed by atoms with Crippen LogP contribution in [0.5, 0.6) is 5.88 Å². The molecule has 114 valence electrons. The molecule has 2 amide bonds. The van der Waals surface area contributed by atoms with E-state index in [0.29, 0.717) is 38.8 Å². The molecular weight excluding hydrogens is 320 g/mol. The molecule has 0 radical (unpaired) electrons. The second-order valence-electron chi connectivity index (χ2n) is 4.93. The van der Waals surface area contributed by atoms with Crippen LogP contribution in [0.25, 0.3) is 16.7 Å². The van der Waals surface area contributed by atoms with Crippen molar-refractivity contribution in [3.8, 4) is 11.6 Å². The van der Waals surface area contributed by atoms with Crippen molar-refractivity contribution in [1.29, 1.82) is 0 Å². The predicted octanol–water partition coefficient (Wildman–Crippen LogP) is 1.97. The Morgan fingerprint density at radius 2 is 1.91 bits per heavy atom. The number of benzene rings is 1. The Morgan fingerprint density at radius 3 is 2.65 bits per heavy atom. The monoisotopic (exact) mass is 328 g/mol. The van der Waals surface area contributed by atoms with Crippen LogP contribution in [0, 0.1) is 0 Å². The summed E-state index contributed by atoms with van der Waals surface area (Å²) in [4.78, 5) is 32.0. The lowest BCUT2D eigenvalue weighted by Crippen LogP contribution is -2.19. The number of aromatic nitrogens is 3. The van der Waals surface area contributed by atoms with Gasteiger partial charge in [-0.25, -0.2) is 9.97 Å². The third kappa shape index (κ3) is 1.90. The molecule has 3 aromatic rings. The number of ether oxygens (including phenoxy) is 1. The van der Waals surface area contributed by atoms with Crippen LogP contribution >= 0.6 is 11.6 Å². The molecule has 0 saturated carbocycles. The second kappa shape index (κ2) is 4.79. The van der Waals surface area contributed by atoms with Gasteiger partial charge in [-0.15, -0.1) is 0 Å². The van der Waals surface area contributed by atoms with E-state index in [1.165, 1.54) is 13.3 Å². The van der Waals surface area contributed by atoms with Crippen LogP contribution in [0.2, 0.25) is 5.02 Å². The summed E-state index contributed by atoms with van der Waals surface area (Å²) in [6, 6.07) is 4.83. The van der Waals surface area contributed by atoms with Gasteiger partial charge in [-0.1, -0.05) is 11.6 Å². The highest BCUT2D eigenvalue weighted by Gasteiger charge is 2.28. The summed E-state index contributed by atoms with van der Waals surface area (Å²) >= 11 is 6.27. The van der Waals surface area contributed by atoms with Crippen molar-refractivity contribution in [3.63, 3.8) is 0 Å². The summed E-state index contributed by atoms with van der Waals surface area (Å²) < 4.78 is 6.93. The third-order valence-electron chi connectivity index (χ3n) is 3.68. The zero-order valence-corrected chi connectivity index (χ0v) is 12.6. The number of rotatable bonds is 2. The van der Waals surface area contributed by atoms with Gasteiger partial charge in [0.25, 0.3) is 11.8 Å². The number of carbonyl (C=O) groups is 2. The minimum atomic E-state index is -0.427. The van der Waals surface area contributed by atoms with Gasteiger partial charge in [-0.3, -0.25) is 19.5 Å². The summed E-state index contributed by atoms with van der Waals surface area (Å²) in [5.74, 6) is -0.514. The Bertz CT molecular complexity index is 996. The number of hydrogen-bond acceptors (Lipinski definition) is 5. The van der Waals surface area contributed by atoms with E-state index < -0.39 is 11.8 Å². The third-order valence-corrected chi connectivity index (χ3v) is 3.98. The van der Waals surface area contributed by atoms with Crippen molar-refractivity contribution in [3.05, 3.63) is 46.9 Å². The highest BCUT2D eigenvalue weighted by molar-refractivity contribution is 6.32. The van der Waals surface area contributed by atoms with Crippen LogP contribution in [-0.2, 0) is 0 Å². The van der Waals surface area contributed by atoms with Crippen LogP contribution in [0.1, 0.15) is 20.7 Å². The van der Waals surface area contributed by atoms with Crippen molar-refractivity contribution < 1.29 is 14.3 Å². The highest BCUT2D eigenvalue weighted by Crippen LogP contribution is 2.32. The summed E-state index contributed by atoms with van der Waals surface area (Å²) in [5, 5.41) is 2.69. The Labute approximate surface area is 134 Å². The fourth-order valence-corrected chi connectivity index (χ4v) is 2.86. The number of halogens is 1. The molecule has 23 heavy (non-hydrogen) atoms. The van der Waals surface area contributed by atoms with Crippen LogP contribution in [0.3, 0.4) is 0 Å². The molecule has 0 atom stereocenters. The van der Waals surface area contributed by atoms with Crippen molar-refractivity contribution in [2.24, 2.45) is 0 Å². The number of nitrogens with zero attached hydrogens (tertiary/aromatic N) is 3. The maximum atomic E-state index is 11.9. The molecule has 2 aromatic heterocycles. The summed E-state index contributed by atoms with van der Waals surface area (Å²) in [7, 11) is 1.49. The maximum absolute atomic E-state index is 11.9. The molecule has 1 aliphatic heterocycles. The molecule has 0 saturated heterocycles. The van der Waals surface area contributed by atoms with E-state index >= 15 is 0 Å². The number of carbonyl (C=O) groups excluding carboxylic acids is 2. The number of amides is 2. The number of methoxy groups -OCH3 is 1. The SMILES string of the molecule is COc1nccc(Cl)c1-n1cnc2cc3c(cc21)C(=O)NC3=O. The second-order valence-corrected chi connectivity index (χ2v) is 5.34. The van der Waals surface area contributed by atoms with Crippen LogP contribution in [-0.4, -0.2) is 33.5 Å². The molecule has 3 heterocycles. The topological polar surface area (TPSA) is 86.1 Å². The van der Waals surface area contributed by atoms with Gasteiger partial charge < -0.3 is 4.74 Å². The van der Waals surface area contributed by atoms with Crippen LogP contribution in [0.15, 0.2) is 30.7 Å².